The second-order valence-electron chi connectivity index (χ2n) is 4.30. The van der Waals surface area contributed by atoms with E-state index in [1.54, 1.807) is 21.3 Å². The number of methoxy groups -OCH3 is 3. The molecule has 0 atom stereocenters. The summed E-state index contributed by atoms with van der Waals surface area (Å²) in [6, 6.07) is 11.7. The lowest BCUT2D eigenvalue weighted by Gasteiger charge is -2.13. The van der Waals surface area contributed by atoms with Crippen molar-refractivity contribution in [3.05, 3.63) is 42.0 Å². The Balaban J connectivity index is 2.50. The summed E-state index contributed by atoms with van der Waals surface area (Å²) in [5.74, 6) is 2.21. The van der Waals surface area contributed by atoms with Gasteiger partial charge < -0.3 is 19.9 Å². The molecule has 2 aromatic rings. The van der Waals surface area contributed by atoms with Gasteiger partial charge in [0.2, 0.25) is 0 Å². The molecule has 0 heterocycles. The number of hydrogen-bond donors (Lipinski definition) is 1. The van der Waals surface area contributed by atoms with Crippen LogP contribution in [0.25, 0.3) is 11.1 Å². The third-order valence-electron chi connectivity index (χ3n) is 3.23. The SMILES string of the molecule is COc1ccc(-c2ccc(OC)c(OC)c2)c(CN)c1. The number of benzene rings is 2. The van der Waals surface area contributed by atoms with Crippen LogP contribution in [0.1, 0.15) is 5.56 Å². The molecular weight excluding hydrogens is 254 g/mol. The van der Waals surface area contributed by atoms with Gasteiger partial charge in [0.15, 0.2) is 11.5 Å². The maximum Gasteiger partial charge on any atom is 0.161 e. The fraction of sp³-hybridized carbons (Fsp3) is 0.250. The Labute approximate surface area is 119 Å². The van der Waals surface area contributed by atoms with E-state index in [0.29, 0.717) is 18.0 Å². The number of ether oxygens (including phenoxy) is 3. The third-order valence-corrected chi connectivity index (χ3v) is 3.23. The summed E-state index contributed by atoms with van der Waals surface area (Å²) in [6.45, 7) is 0.445. The zero-order valence-corrected chi connectivity index (χ0v) is 12.0. The van der Waals surface area contributed by atoms with Gasteiger partial charge in [0.05, 0.1) is 21.3 Å². The van der Waals surface area contributed by atoms with Crippen molar-refractivity contribution >= 4 is 0 Å². The lowest BCUT2D eigenvalue weighted by molar-refractivity contribution is 0.355. The minimum atomic E-state index is 0.445. The largest absolute Gasteiger partial charge is 0.497 e. The molecule has 0 aliphatic carbocycles. The maximum absolute atomic E-state index is 5.83. The average molecular weight is 273 g/mol. The number of hydrogen-bond acceptors (Lipinski definition) is 4. The van der Waals surface area contributed by atoms with Gasteiger partial charge in [0.25, 0.3) is 0 Å². The van der Waals surface area contributed by atoms with Gasteiger partial charge in [0.1, 0.15) is 5.75 Å². The Bertz CT molecular complexity index is 596. The van der Waals surface area contributed by atoms with Crippen molar-refractivity contribution in [2.24, 2.45) is 5.73 Å². The molecule has 4 nitrogen and oxygen atoms in total. The fourth-order valence-corrected chi connectivity index (χ4v) is 2.15. The predicted molar refractivity (Wildman–Crippen MR) is 79.4 cm³/mol. The van der Waals surface area contributed by atoms with Crippen LogP contribution >= 0.6 is 0 Å². The minimum Gasteiger partial charge on any atom is -0.497 e. The molecule has 0 unspecified atom stereocenters. The van der Waals surface area contributed by atoms with Crippen molar-refractivity contribution in [1.82, 2.24) is 0 Å². The molecule has 106 valence electrons. The van der Waals surface area contributed by atoms with E-state index in [-0.39, 0.29) is 0 Å². The summed E-state index contributed by atoms with van der Waals surface area (Å²) in [4.78, 5) is 0. The van der Waals surface area contributed by atoms with E-state index in [1.165, 1.54) is 0 Å². The highest BCUT2D eigenvalue weighted by Crippen LogP contribution is 2.34. The quantitative estimate of drug-likeness (QED) is 0.910. The molecule has 0 spiro atoms. The lowest BCUT2D eigenvalue weighted by Crippen LogP contribution is -2.00. The smallest absolute Gasteiger partial charge is 0.161 e. The molecular formula is C16H19NO3. The van der Waals surface area contributed by atoms with Crippen LogP contribution in [0.2, 0.25) is 0 Å². The molecule has 0 aliphatic heterocycles. The molecule has 2 aromatic carbocycles. The zero-order chi connectivity index (χ0) is 14.5. The summed E-state index contributed by atoms with van der Waals surface area (Å²) in [6.07, 6.45) is 0. The van der Waals surface area contributed by atoms with Gasteiger partial charge in [-0.05, 0) is 41.0 Å². The van der Waals surface area contributed by atoms with Gasteiger partial charge in [0, 0.05) is 6.54 Å². The molecule has 0 aromatic heterocycles. The van der Waals surface area contributed by atoms with Gasteiger partial charge in [-0.3, -0.25) is 0 Å². The molecule has 0 bridgehead atoms. The van der Waals surface area contributed by atoms with Gasteiger partial charge in [-0.2, -0.15) is 0 Å². The normalized spacial score (nSPS) is 10.2. The Morgan fingerprint density at radius 1 is 0.850 bits per heavy atom. The first-order valence-corrected chi connectivity index (χ1v) is 6.32. The molecule has 0 saturated carbocycles. The highest BCUT2D eigenvalue weighted by molar-refractivity contribution is 5.71. The summed E-state index contributed by atoms with van der Waals surface area (Å²) in [7, 11) is 4.89. The van der Waals surface area contributed by atoms with E-state index < -0.39 is 0 Å². The standard InChI is InChI=1S/C16H19NO3/c1-18-13-5-6-14(12(8-13)10-17)11-4-7-15(19-2)16(9-11)20-3/h4-9H,10,17H2,1-3H3. The van der Waals surface area contributed by atoms with Crippen molar-refractivity contribution < 1.29 is 14.2 Å². The van der Waals surface area contributed by atoms with Crippen LogP contribution < -0.4 is 19.9 Å². The topological polar surface area (TPSA) is 53.7 Å². The predicted octanol–water partition coefficient (Wildman–Crippen LogP) is 2.84. The van der Waals surface area contributed by atoms with Gasteiger partial charge in [-0.15, -0.1) is 0 Å². The molecule has 0 aliphatic rings. The van der Waals surface area contributed by atoms with Crippen LogP contribution in [0.4, 0.5) is 0 Å². The second-order valence-corrected chi connectivity index (χ2v) is 4.30. The van der Waals surface area contributed by atoms with Crippen LogP contribution in [0, 0.1) is 0 Å². The molecule has 4 heteroatoms. The monoisotopic (exact) mass is 273 g/mol. The van der Waals surface area contributed by atoms with Crippen molar-refractivity contribution in [3.63, 3.8) is 0 Å². The summed E-state index contributed by atoms with van der Waals surface area (Å²) in [5, 5.41) is 0. The molecule has 2 N–H and O–H groups in total. The molecule has 0 fully saturated rings. The molecule has 2 rings (SSSR count). The van der Waals surface area contributed by atoms with Crippen molar-refractivity contribution in [2.75, 3.05) is 21.3 Å². The summed E-state index contributed by atoms with van der Waals surface area (Å²) in [5.41, 5.74) is 8.95. The highest BCUT2D eigenvalue weighted by Gasteiger charge is 2.10. The first kappa shape index (κ1) is 14.2. The van der Waals surface area contributed by atoms with Crippen LogP contribution in [-0.4, -0.2) is 21.3 Å². The van der Waals surface area contributed by atoms with Crippen molar-refractivity contribution in [1.29, 1.82) is 0 Å². The molecule has 0 amide bonds. The van der Waals surface area contributed by atoms with Crippen molar-refractivity contribution in [2.45, 2.75) is 6.54 Å². The highest BCUT2D eigenvalue weighted by atomic mass is 16.5. The Morgan fingerprint density at radius 2 is 1.60 bits per heavy atom. The Kier molecular flexibility index (Phi) is 4.48. The average Bonchev–Trinajstić information content (AvgIpc) is 2.53. The Hall–Kier alpha value is -2.20. The van der Waals surface area contributed by atoms with Gasteiger partial charge in [-0.1, -0.05) is 12.1 Å². The van der Waals surface area contributed by atoms with Gasteiger partial charge >= 0.3 is 0 Å². The molecule has 20 heavy (non-hydrogen) atoms. The van der Waals surface area contributed by atoms with Gasteiger partial charge in [-0.25, -0.2) is 0 Å². The van der Waals surface area contributed by atoms with E-state index in [1.807, 2.05) is 36.4 Å². The summed E-state index contributed by atoms with van der Waals surface area (Å²) < 4.78 is 15.8. The first-order valence-electron chi connectivity index (χ1n) is 6.32. The van der Waals surface area contributed by atoms with E-state index in [0.717, 1.165) is 22.4 Å². The van der Waals surface area contributed by atoms with E-state index in [2.05, 4.69) is 0 Å². The van der Waals surface area contributed by atoms with Crippen LogP contribution in [-0.2, 0) is 6.54 Å². The minimum absolute atomic E-state index is 0.445. The van der Waals surface area contributed by atoms with E-state index in [4.69, 9.17) is 19.9 Å². The van der Waals surface area contributed by atoms with E-state index >= 15 is 0 Å². The number of nitrogens with two attached hydrogens (primary N) is 1. The zero-order valence-electron chi connectivity index (χ0n) is 12.0. The van der Waals surface area contributed by atoms with Crippen molar-refractivity contribution in [3.8, 4) is 28.4 Å². The second kappa shape index (κ2) is 6.30. The van der Waals surface area contributed by atoms with Crippen LogP contribution in [0.5, 0.6) is 17.2 Å². The summed E-state index contributed by atoms with van der Waals surface area (Å²) >= 11 is 0. The third kappa shape index (κ3) is 2.70. The maximum atomic E-state index is 5.83. The Morgan fingerprint density at radius 3 is 2.20 bits per heavy atom. The molecule has 0 radical (unpaired) electrons. The first-order chi connectivity index (χ1) is 9.73. The fourth-order valence-electron chi connectivity index (χ4n) is 2.15. The van der Waals surface area contributed by atoms with E-state index in [9.17, 15) is 0 Å². The lowest BCUT2D eigenvalue weighted by atomic mass is 9.99. The number of rotatable bonds is 5. The molecule has 0 saturated heterocycles. The van der Waals surface area contributed by atoms with Crippen LogP contribution in [0.3, 0.4) is 0 Å². The van der Waals surface area contributed by atoms with Crippen LogP contribution in [0.15, 0.2) is 36.4 Å².